The molecule has 0 radical (unpaired) electrons. The van der Waals surface area contributed by atoms with Crippen LogP contribution in [-0.4, -0.2) is 33.2 Å². The summed E-state index contributed by atoms with van der Waals surface area (Å²) in [4.78, 5) is 14.6. The first-order valence-electron chi connectivity index (χ1n) is 10.9. The van der Waals surface area contributed by atoms with Gasteiger partial charge in [0.1, 0.15) is 12.1 Å². The summed E-state index contributed by atoms with van der Waals surface area (Å²) < 4.78 is 8.51. The Morgan fingerprint density at radius 1 is 1.00 bits per heavy atom. The number of aromatic nitrogens is 4. The highest BCUT2D eigenvalue weighted by Gasteiger charge is 2.17. The number of hydrogen-bond donors (Lipinski definition) is 1. The minimum absolute atomic E-state index is 0.703. The molecule has 4 heterocycles. The van der Waals surface area contributed by atoms with E-state index < -0.39 is 0 Å². The molecule has 34 heavy (non-hydrogen) atoms. The van der Waals surface area contributed by atoms with E-state index in [1.165, 1.54) is 10.3 Å². The van der Waals surface area contributed by atoms with E-state index in [0.29, 0.717) is 5.82 Å². The second-order valence-corrected chi connectivity index (χ2v) is 9.53. The largest absolute Gasteiger partial charge is 0.497 e. The van der Waals surface area contributed by atoms with Gasteiger partial charge in [0.15, 0.2) is 22.8 Å². The van der Waals surface area contributed by atoms with Crippen molar-refractivity contribution in [2.75, 3.05) is 19.0 Å². The predicted molar refractivity (Wildman–Crippen MR) is 141 cm³/mol. The molecule has 0 unspecified atom stereocenters. The Hall–Kier alpha value is -3.75. The van der Waals surface area contributed by atoms with Gasteiger partial charge < -0.3 is 10.1 Å². The van der Waals surface area contributed by atoms with E-state index in [0.717, 1.165) is 52.3 Å². The lowest BCUT2D eigenvalue weighted by atomic mass is 10.1. The molecule has 6 rings (SSSR count). The van der Waals surface area contributed by atoms with Gasteiger partial charge >= 0.3 is 0 Å². The van der Waals surface area contributed by atoms with Gasteiger partial charge in [0.2, 0.25) is 0 Å². The first-order valence-corrected chi connectivity index (χ1v) is 12.7. The zero-order chi connectivity index (χ0) is 22.9. The van der Waals surface area contributed by atoms with Crippen LogP contribution in [0.3, 0.4) is 0 Å². The third-order valence-corrected chi connectivity index (χ3v) is 7.40. The van der Waals surface area contributed by atoms with Gasteiger partial charge in [-0.1, -0.05) is 30.3 Å². The van der Waals surface area contributed by atoms with Crippen molar-refractivity contribution in [3.63, 3.8) is 0 Å². The molecule has 0 aliphatic carbocycles. The Morgan fingerprint density at radius 3 is 2.71 bits per heavy atom. The first-order chi connectivity index (χ1) is 16.8. The Bertz CT molecular complexity index is 1570. The molecular formula is C26H21N5OS2. The van der Waals surface area contributed by atoms with Crippen molar-refractivity contribution in [3.05, 3.63) is 82.6 Å². The standard InChI is InChI=1S/C26H21N5OS2/c1-32-19-8-6-17(7-9-19)10-12-27-25-23-26(31(16-28-23)18-11-13-33-14-18)30-24(29-25)21-15-34-22-5-3-2-4-20(21)22/h2-9,11,13-16H,10,12H2,1H3,(H,27,29,30). The molecule has 0 bridgehead atoms. The highest BCUT2D eigenvalue weighted by Crippen LogP contribution is 2.34. The molecule has 0 saturated heterocycles. The fourth-order valence-corrected chi connectivity index (χ4v) is 5.56. The number of fused-ring (bicyclic) bond motifs is 2. The molecule has 1 N–H and O–H groups in total. The highest BCUT2D eigenvalue weighted by molar-refractivity contribution is 7.17. The lowest BCUT2D eigenvalue weighted by molar-refractivity contribution is 0.414. The van der Waals surface area contributed by atoms with E-state index in [9.17, 15) is 0 Å². The summed E-state index contributed by atoms with van der Waals surface area (Å²) in [6, 6.07) is 18.6. The van der Waals surface area contributed by atoms with E-state index in [4.69, 9.17) is 14.7 Å². The third-order valence-electron chi connectivity index (χ3n) is 5.77. The molecule has 2 aromatic carbocycles. The highest BCUT2D eigenvalue weighted by atomic mass is 32.1. The third kappa shape index (κ3) is 3.81. The second-order valence-electron chi connectivity index (χ2n) is 7.83. The Balaban J connectivity index is 1.39. The van der Waals surface area contributed by atoms with Crippen molar-refractivity contribution in [3.8, 4) is 22.8 Å². The number of ether oxygens (including phenoxy) is 1. The average molecular weight is 484 g/mol. The maximum atomic E-state index is 5.26. The fraction of sp³-hybridized carbons (Fsp3) is 0.115. The van der Waals surface area contributed by atoms with Crippen LogP contribution in [0.4, 0.5) is 5.82 Å². The van der Waals surface area contributed by atoms with Gasteiger partial charge in [-0.15, -0.1) is 11.3 Å². The van der Waals surface area contributed by atoms with E-state index in [1.807, 2.05) is 23.0 Å². The maximum Gasteiger partial charge on any atom is 0.170 e. The smallest absolute Gasteiger partial charge is 0.170 e. The summed E-state index contributed by atoms with van der Waals surface area (Å²) in [5.41, 5.74) is 4.89. The number of methoxy groups -OCH3 is 1. The van der Waals surface area contributed by atoms with E-state index >= 15 is 0 Å². The van der Waals surface area contributed by atoms with Crippen molar-refractivity contribution in [2.24, 2.45) is 0 Å². The van der Waals surface area contributed by atoms with Crippen molar-refractivity contribution >= 4 is 49.7 Å². The lowest BCUT2D eigenvalue weighted by Gasteiger charge is -2.10. The molecule has 6 nitrogen and oxygen atoms in total. The minimum atomic E-state index is 0.703. The average Bonchev–Trinajstić information content (AvgIpc) is 3.63. The van der Waals surface area contributed by atoms with Crippen LogP contribution in [0, 0.1) is 0 Å². The summed E-state index contributed by atoms with van der Waals surface area (Å²) in [7, 11) is 1.68. The normalized spacial score (nSPS) is 11.3. The molecule has 0 aliphatic rings. The summed E-state index contributed by atoms with van der Waals surface area (Å²) in [5, 5.41) is 11.0. The number of nitrogens with zero attached hydrogens (tertiary/aromatic N) is 4. The van der Waals surface area contributed by atoms with E-state index in [2.05, 4.69) is 68.9 Å². The zero-order valence-electron chi connectivity index (χ0n) is 18.4. The van der Waals surface area contributed by atoms with Gasteiger partial charge in [0.05, 0.1) is 12.8 Å². The van der Waals surface area contributed by atoms with Crippen molar-refractivity contribution in [2.45, 2.75) is 6.42 Å². The van der Waals surface area contributed by atoms with Gasteiger partial charge in [-0.2, -0.15) is 11.3 Å². The van der Waals surface area contributed by atoms with Gasteiger partial charge in [-0.3, -0.25) is 4.57 Å². The Morgan fingerprint density at radius 2 is 1.88 bits per heavy atom. The number of anilines is 1. The number of benzene rings is 2. The van der Waals surface area contributed by atoms with Crippen LogP contribution in [-0.2, 0) is 6.42 Å². The van der Waals surface area contributed by atoms with Crippen molar-refractivity contribution in [1.82, 2.24) is 19.5 Å². The van der Waals surface area contributed by atoms with E-state index in [1.54, 1.807) is 29.8 Å². The molecule has 0 saturated carbocycles. The lowest BCUT2D eigenvalue weighted by Crippen LogP contribution is -2.08. The van der Waals surface area contributed by atoms with E-state index in [-0.39, 0.29) is 0 Å². The minimum Gasteiger partial charge on any atom is -0.497 e. The number of hydrogen-bond acceptors (Lipinski definition) is 7. The quantitative estimate of drug-likeness (QED) is 0.284. The monoisotopic (exact) mass is 483 g/mol. The SMILES string of the molecule is COc1ccc(CCNc2nc(-c3csc4ccccc34)nc3c2ncn3-c2ccsc2)cc1. The summed E-state index contributed by atoms with van der Waals surface area (Å²) in [6.45, 7) is 0.730. The molecule has 8 heteroatoms. The maximum absolute atomic E-state index is 5.26. The van der Waals surface area contributed by atoms with Crippen LogP contribution >= 0.6 is 22.7 Å². The second kappa shape index (κ2) is 8.89. The van der Waals surface area contributed by atoms with Gasteiger partial charge in [-0.05, 0) is 41.6 Å². The predicted octanol–water partition coefficient (Wildman–Crippen LogP) is 6.42. The molecule has 0 atom stereocenters. The van der Waals surface area contributed by atoms with Crippen LogP contribution in [0.15, 0.2) is 77.1 Å². The number of thiophene rings is 2. The Labute approximate surface area is 204 Å². The number of rotatable bonds is 7. The molecule has 168 valence electrons. The van der Waals surface area contributed by atoms with Gasteiger partial charge in [0.25, 0.3) is 0 Å². The first kappa shape index (κ1) is 20.8. The van der Waals surface area contributed by atoms with Crippen LogP contribution in [0.5, 0.6) is 5.75 Å². The molecule has 0 amide bonds. The Kier molecular flexibility index (Phi) is 5.44. The van der Waals surface area contributed by atoms with Crippen molar-refractivity contribution < 1.29 is 4.74 Å². The number of nitrogens with one attached hydrogen (secondary N) is 1. The molecule has 6 aromatic rings. The zero-order valence-corrected chi connectivity index (χ0v) is 20.1. The summed E-state index contributed by atoms with van der Waals surface area (Å²) in [6.07, 6.45) is 2.68. The molecular weight excluding hydrogens is 462 g/mol. The van der Waals surface area contributed by atoms with Gasteiger partial charge in [-0.25, -0.2) is 15.0 Å². The van der Waals surface area contributed by atoms with Crippen LogP contribution in [0.25, 0.3) is 38.3 Å². The summed E-state index contributed by atoms with van der Waals surface area (Å²) in [5.74, 6) is 2.31. The molecule has 0 fully saturated rings. The van der Waals surface area contributed by atoms with Crippen LogP contribution in [0.1, 0.15) is 5.56 Å². The van der Waals surface area contributed by atoms with Crippen LogP contribution < -0.4 is 10.1 Å². The van der Waals surface area contributed by atoms with Crippen LogP contribution in [0.2, 0.25) is 0 Å². The van der Waals surface area contributed by atoms with Gasteiger partial charge in [0, 0.05) is 33.0 Å². The summed E-state index contributed by atoms with van der Waals surface area (Å²) >= 11 is 3.36. The molecule has 0 spiro atoms. The number of imidazole rings is 1. The topological polar surface area (TPSA) is 64.9 Å². The fourth-order valence-electron chi connectivity index (χ4n) is 4.00. The van der Waals surface area contributed by atoms with Crippen molar-refractivity contribution in [1.29, 1.82) is 0 Å². The molecule has 4 aromatic heterocycles. The molecule has 0 aliphatic heterocycles.